The van der Waals surface area contributed by atoms with Crippen molar-refractivity contribution in [3.8, 4) is 0 Å². The number of aromatic nitrogens is 1. The van der Waals surface area contributed by atoms with Gasteiger partial charge < -0.3 is 15.0 Å². The molecule has 0 saturated carbocycles. The number of para-hydroxylation sites is 2. The summed E-state index contributed by atoms with van der Waals surface area (Å²) >= 11 is 6.39. The van der Waals surface area contributed by atoms with E-state index in [1.54, 1.807) is 35.2 Å². The Balaban J connectivity index is 1.36. The fourth-order valence-corrected chi connectivity index (χ4v) is 6.07. The summed E-state index contributed by atoms with van der Waals surface area (Å²) in [5, 5.41) is 4.46. The van der Waals surface area contributed by atoms with E-state index in [4.69, 9.17) is 16.3 Å². The van der Waals surface area contributed by atoms with Crippen LogP contribution in [0.3, 0.4) is 0 Å². The summed E-state index contributed by atoms with van der Waals surface area (Å²) in [5.74, 6) is -0.707. The number of hydrogen-bond acceptors (Lipinski definition) is 4. The van der Waals surface area contributed by atoms with Crippen LogP contribution in [0, 0.1) is 0 Å². The molecule has 2 unspecified atom stereocenters. The highest BCUT2D eigenvalue weighted by molar-refractivity contribution is 6.30. The molecule has 2 aliphatic heterocycles. The average Bonchev–Trinajstić information content (AvgIpc) is 3.45. The van der Waals surface area contributed by atoms with Crippen molar-refractivity contribution in [3.63, 3.8) is 0 Å². The Morgan fingerprint density at radius 2 is 1.85 bits per heavy atom. The first-order chi connectivity index (χ1) is 19.8. The maximum absolute atomic E-state index is 14.2. The monoisotopic (exact) mass is 570 g/mol. The van der Waals surface area contributed by atoms with E-state index in [0.29, 0.717) is 31.0 Å². The molecule has 1 aromatic heterocycles. The fraction of sp³-hybridized carbons (Fsp3) is 0.281. The molecule has 3 heterocycles. The van der Waals surface area contributed by atoms with Crippen LogP contribution in [0.4, 0.5) is 10.5 Å². The molecule has 4 amide bonds. The second kappa shape index (κ2) is 11.0. The van der Waals surface area contributed by atoms with Crippen LogP contribution in [0.2, 0.25) is 5.02 Å². The van der Waals surface area contributed by atoms with Gasteiger partial charge in [0.2, 0.25) is 0 Å². The second-order valence-electron chi connectivity index (χ2n) is 10.6. The minimum atomic E-state index is -0.734. The van der Waals surface area contributed by atoms with Gasteiger partial charge in [0.15, 0.2) is 0 Å². The first-order valence-corrected chi connectivity index (χ1v) is 14.2. The normalized spacial score (nSPS) is 18.2. The topological polar surface area (TPSA) is 94.7 Å². The first kappa shape index (κ1) is 27.1. The molecular weight excluding hydrogens is 540 g/mol. The van der Waals surface area contributed by atoms with Gasteiger partial charge in [0.05, 0.1) is 17.4 Å². The van der Waals surface area contributed by atoms with E-state index >= 15 is 0 Å². The summed E-state index contributed by atoms with van der Waals surface area (Å²) in [6, 6.07) is 20.3. The number of hydrogen-bond donors (Lipinski definition) is 2. The van der Waals surface area contributed by atoms with Crippen molar-refractivity contribution in [2.45, 2.75) is 44.9 Å². The summed E-state index contributed by atoms with van der Waals surface area (Å²) in [5.41, 5.74) is 4.15. The Bertz CT molecular complexity index is 1650. The number of imide groups is 1. The molecule has 9 heteroatoms. The van der Waals surface area contributed by atoms with Crippen LogP contribution in [-0.2, 0) is 16.0 Å². The van der Waals surface area contributed by atoms with E-state index in [1.165, 1.54) is 0 Å². The summed E-state index contributed by atoms with van der Waals surface area (Å²) in [6.45, 7) is 4.86. The Labute approximate surface area is 243 Å². The van der Waals surface area contributed by atoms with Gasteiger partial charge in [-0.15, -0.1) is 0 Å². The number of amides is 4. The number of carbonyl (C=O) groups is 3. The third kappa shape index (κ3) is 4.87. The minimum absolute atomic E-state index is 0.118. The zero-order chi connectivity index (χ0) is 28.7. The number of anilines is 1. The predicted molar refractivity (Wildman–Crippen MR) is 158 cm³/mol. The van der Waals surface area contributed by atoms with Crippen LogP contribution in [0.1, 0.15) is 53.5 Å². The SMILES string of the molecule is CC(C)OCCCNC(=O)c1ccccc1N1C(=O)C2Cc3c([nH]c4ccccc34)C(c3cccc(Cl)c3)N2C1=O. The zero-order valence-electron chi connectivity index (χ0n) is 22.9. The van der Waals surface area contributed by atoms with E-state index in [-0.39, 0.29) is 29.2 Å². The largest absolute Gasteiger partial charge is 0.379 e. The quantitative estimate of drug-likeness (QED) is 0.205. The zero-order valence-corrected chi connectivity index (χ0v) is 23.6. The number of nitrogens with one attached hydrogen (secondary N) is 2. The lowest BCUT2D eigenvalue weighted by molar-refractivity contribution is -0.120. The van der Waals surface area contributed by atoms with Gasteiger partial charge in [0.25, 0.3) is 11.8 Å². The smallest absolute Gasteiger partial charge is 0.332 e. The summed E-state index contributed by atoms with van der Waals surface area (Å²) < 4.78 is 5.55. The number of benzene rings is 3. The molecule has 3 aromatic carbocycles. The molecule has 2 atom stereocenters. The van der Waals surface area contributed by atoms with Gasteiger partial charge in [-0.25, -0.2) is 9.69 Å². The van der Waals surface area contributed by atoms with Crippen molar-refractivity contribution >= 4 is 46.0 Å². The van der Waals surface area contributed by atoms with E-state index in [0.717, 1.165) is 32.6 Å². The van der Waals surface area contributed by atoms with E-state index in [2.05, 4.69) is 10.3 Å². The lowest BCUT2D eigenvalue weighted by Crippen LogP contribution is -2.44. The third-order valence-electron chi connectivity index (χ3n) is 7.66. The molecule has 0 spiro atoms. The second-order valence-corrected chi connectivity index (χ2v) is 11.1. The number of rotatable bonds is 8. The van der Waals surface area contributed by atoms with Crippen molar-refractivity contribution in [2.24, 2.45) is 0 Å². The van der Waals surface area contributed by atoms with Crippen LogP contribution < -0.4 is 10.2 Å². The number of carbonyl (C=O) groups excluding carboxylic acids is 3. The van der Waals surface area contributed by atoms with E-state index in [1.807, 2.05) is 56.3 Å². The number of nitrogens with zero attached hydrogens (tertiary/aromatic N) is 2. The standard InChI is InChI=1S/C32H31ClN4O4/c1-19(2)41-16-8-15-34-30(38)23-12-4-6-14-26(23)37-31(39)27-18-24-22-11-3-5-13-25(22)35-28(24)29(36(27)32(37)40)20-9-7-10-21(33)17-20/h3-7,9-14,17,19,27,29,35H,8,15-16,18H2,1-2H3,(H,34,38). The average molecular weight is 571 g/mol. The van der Waals surface area contributed by atoms with Crippen molar-refractivity contribution in [3.05, 3.63) is 100 Å². The molecule has 4 aromatic rings. The molecule has 0 radical (unpaired) electrons. The first-order valence-electron chi connectivity index (χ1n) is 13.8. The van der Waals surface area contributed by atoms with Crippen molar-refractivity contribution < 1.29 is 19.1 Å². The highest BCUT2D eigenvalue weighted by Gasteiger charge is 2.53. The Morgan fingerprint density at radius 3 is 2.66 bits per heavy atom. The van der Waals surface area contributed by atoms with Crippen molar-refractivity contribution in [1.82, 2.24) is 15.2 Å². The number of H-pyrrole nitrogens is 1. The highest BCUT2D eigenvalue weighted by atomic mass is 35.5. The van der Waals surface area contributed by atoms with Gasteiger partial charge in [0.1, 0.15) is 12.1 Å². The molecule has 1 fully saturated rings. The summed E-state index contributed by atoms with van der Waals surface area (Å²) in [6.07, 6.45) is 1.13. The Hall–Kier alpha value is -4.14. The van der Waals surface area contributed by atoms with Crippen LogP contribution in [0.25, 0.3) is 10.9 Å². The van der Waals surface area contributed by atoms with E-state index < -0.39 is 18.1 Å². The van der Waals surface area contributed by atoms with Crippen LogP contribution >= 0.6 is 11.6 Å². The van der Waals surface area contributed by atoms with Gasteiger partial charge >= 0.3 is 6.03 Å². The number of halogens is 1. The van der Waals surface area contributed by atoms with Crippen LogP contribution in [0.5, 0.6) is 0 Å². The highest BCUT2D eigenvalue weighted by Crippen LogP contribution is 2.45. The van der Waals surface area contributed by atoms with Crippen LogP contribution in [0.15, 0.2) is 72.8 Å². The molecule has 1 saturated heterocycles. The molecule has 41 heavy (non-hydrogen) atoms. The molecular formula is C32H31ClN4O4. The van der Waals surface area contributed by atoms with Gasteiger partial charge in [-0.3, -0.25) is 14.5 Å². The molecule has 0 bridgehead atoms. The summed E-state index contributed by atoms with van der Waals surface area (Å²) in [7, 11) is 0. The molecule has 0 aliphatic carbocycles. The Morgan fingerprint density at radius 1 is 1.07 bits per heavy atom. The fourth-order valence-electron chi connectivity index (χ4n) is 5.87. The summed E-state index contributed by atoms with van der Waals surface area (Å²) in [4.78, 5) is 47.8. The molecule has 2 aliphatic rings. The molecule has 2 N–H and O–H groups in total. The molecule has 6 rings (SSSR count). The molecule has 210 valence electrons. The Kier molecular flexibility index (Phi) is 7.28. The number of aromatic amines is 1. The van der Waals surface area contributed by atoms with Crippen LogP contribution in [-0.4, -0.2) is 53.0 Å². The molecule has 8 nitrogen and oxygen atoms in total. The lowest BCUT2D eigenvalue weighted by atomic mass is 9.89. The van der Waals surface area contributed by atoms with Gasteiger partial charge in [-0.2, -0.15) is 0 Å². The van der Waals surface area contributed by atoms with Gasteiger partial charge in [0, 0.05) is 41.2 Å². The maximum Gasteiger partial charge on any atom is 0.332 e. The third-order valence-corrected chi connectivity index (χ3v) is 7.90. The minimum Gasteiger partial charge on any atom is -0.379 e. The lowest BCUT2D eigenvalue weighted by Gasteiger charge is -2.36. The van der Waals surface area contributed by atoms with Gasteiger partial charge in [-0.1, -0.05) is 54.1 Å². The van der Waals surface area contributed by atoms with Crippen molar-refractivity contribution in [2.75, 3.05) is 18.1 Å². The number of ether oxygens (including phenoxy) is 1. The van der Waals surface area contributed by atoms with Gasteiger partial charge in [-0.05, 0) is 61.7 Å². The number of urea groups is 1. The maximum atomic E-state index is 14.2. The predicted octanol–water partition coefficient (Wildman–Crippen LogP) is 5.85. The number of fused-ring (bicyclic) bond motifs is 4. The van der Waals surface area contributed by atoms with E-state index in [9.17, 15) is 14.4 Å². The van der Waals surface area contributed by atoms with Crippen molar-refractivity contribution in [1.29, 1.82) is 0 Å².